The molecule has 0 aromatic heterocycles. The fraction of sp³-hybridized carbons (Fsp3) is 0.263. The number of alkyl halides is 6. The van der Waals surface area contributed by atoms with Crippen molar-refractivity contribution in [1.82, 2.24) is 5.32 Å². The number of amides is 1. The van der Waals surface area contributed by atoms with Gasteiger partial charge in [-0.2, -0.15) is 13.2 Å². The van der Waals surface area contributed by atoms with Gasteiger partial charge in [-0.05, 0) is 35.4 Å². The number of hydrogen-bond donors (Lipinski definition) is 2. The van der Waals surface area contributed by atoms with E-state index in [1.807, 2.05) is 0 Å². The summed E-state index contributed by atoms with van der Waals surface area (Å²) in [5, 5.41) is 14.8. The first-order valence-corrected chi connectivity index (χ1v) is 10.6. The molecule has 1 heterocycles. The third-order valence-corrected chi connectivity index (χ3v) is 5.75. The second-order valence-corrected chi connectivity index (χ2v) is 10.1. The van der Waals surface area contributed by atoms with Crippen LogP contribution in [0, 0.1) is 0 Å². The largest absolute Gasteiger partial charge is 0.465 e. The van der Waals surface area contributed by atoms with Gasteiger partial charge < -0.3 is 15.3 Å². The quantitative estimate of drug-likeness (QED) is 0.394. The summed E-state index contributed by atoms with van der Waals surface area (Å²) >= 11 is 29.4. The number of carbonyl (C=O) groups is 1. The molecule has 1 aliphatic rings. The van der Waals surface area contributed by atoms with Crippen molar-refractivity contribution in [2.24, 2.45) is 5.16 Å². The lowest BCUT2D eigenvalue weighted by Crippen LogP contribution is -2.42. The molecule has 0 fully saturated rings. The topological polar surface area (TPSA) is 70.9 Å². The molecule has 2 unspecified atom stereocenters. The van der Waals surface area contributed by atoms with Gasteiger partial charge in [0.1, 0.15) is 6.04 Å². The smallest absolute Gasteiger partial charge is 0.435 e. The number of rotatable bonds is 4. The van der Waals surface area contributed by atoms with E-state index in [1.165, 1.54) is 30.3 Å². The molecule has 172 valence electrons. The van der Waals surface area contributed by atoms with E-state index >= 15 is 0 Å². The third-order valence-electron chi connectivity index (χ3n) is 4.66. The summed E-state index contributed by atoms with van der Waals surface area (Å²) in [4.78, 5) is 16.1. The average Bonchev–Trinajstić information content (AvgIpc) is 3.11. The van der Waals surface area contributed by atoms with E-state index in [1.54, 1.807) is 0 Å². The molecule has 13 heteroatoms. The second kappa shape index (κ2) is 8.99. The first-order chi connectivity index (χ1) is 14.7. The van der Waals surface area contributed by atoms with Crippen molar-refractivity contribution in [3.05, 3.63) is 69.2 Å². The van der Waals surface area contributed by atoms with E-state index in [0.717, 1.165) is 12.1 Å². The minimum Gasteiger partial charge on any atom is -0.465 e. The van der Waals surface area contributed by atoms with E-state index in [0.29, 0.717) is 0 Å². The molecule has 5 nitrogen and oxygen atoms in total. The number of nitrogens with zero attached hydrogens (tertiary/aromatic N) is 1. The van der Waals surface area contributed by atoms with Crippen LogP contribution >= 0.6 is 58.0 Å². The van der Waals surface area contributed by atoms with Gasteiger partial charge in [-0.1, -0.05) is 81.4 Å². The number of nitrogens with one attached hydrogen (secondary N) is 1. The predicted molar refractivity (Wildman–Crippen MR) is 117 cm³/mol. The molecule has 2 atom stereocenters. The number of hydrogen-bond acceptors (Lipinski definition) is 3. The normalized spacial score (nSPS) is 19.8. The van der Waals surface area contributed by atoms with Gasteiger partial charge in [0.15, 0.2) is 0 Å². The van der Waals surface area contributed by atoms with E-state index in [4.69, 9.17) is 67.9 Å². The zero-order valence-corrected chi connectivity index (χ0v) is 19.3. The highest BCUT2D eigenvalue weighted by Crippen LogP contribution is 2.50. The van der Waals surface area contributed by atoms with E-state index in [-0.39, 0.29) is 32.4 Å². The van der Waals surface area contributed by atoms with Crippen molar-refractivity contribution >= 4 is 69.8 Å². The van der Waals surface area contributed by atoms with Crippen LogP contribution in [0.5, 0.6) is 0 Å². The Balaban J connectivity index is 2.00. The summed E-state index contributed by atoms with van der Waals surface area (Å²) < 4.78 is 40.4. The summed E-state index contributed by atoms with van der Waals surface area (Å²) in [6.07, 6.45) is -7.02. The van der Waals surface area contributed by atoms with E-state index in [9.17, 15) is 18.0 Å². The van der Waals surface area contributed by atoms with Gasteiger partial charge in [0.2, 0.25) is 3.79 Å². The minimum absolute atomic E-state index is 0.000404. The van der Waals surface area contributed by atoms with Crippen LogP contribution < -0.4 is 5.32 Å². The van der Waals surface area contributed by atoms with Crippen LogP contribution in [0.1, 0.15) is 29.2 Å². The van der Waals surface area contributed by atoms with E-state index < -0.39 is 34.1 Å². The van der Waals surface area contributed by atoms with Crippen molar-refractivity contribution in [2.45, 2.75) is 28.0 Å². The Hall–Kier alpha value is -1.58. The lowest BCUT2D eigenvalue weighted by molar-refractivity contribution is -0.275. The minimum atomic E-state index is -4.87. The monoisotopic (exact) mass is 548 g/mol. The molecule has 3 rings (SSSR count). The van der Waals surface area contributed by atoms with Gasteiger partial charge in [0.05, 0.1) is 5.71 Å². The van der Waals surface area contributed by atoms with Gasteiger partial charge in [0, 0.05) is 22.0 Å². The Morgan fingerprint density at radius 1 is 1.12 bits per heavy atom. The number of oxime groups is 1. The predicted octanol–water partition coefficient (Wildman–Crippen LogP) is 7.25. The van der Waals surface area contributed by atoms with Crippen molar-refractivity contribution in [1.29, 1.82) is 0 Å². The average molecular weight is 551 g/mol. The number of carboxylic acid groups (broad SMARTS) is 1. The lowest BCUT2D eigenvalue weighted by Gasteiger charge is -2.29. The zero-order valence-electron chi connectivity index (χ0n) is 15.6. The maximum atomic E-state index is 14.1. The fourth-order valence-corrected chi connectivity index (χ4v) is 4.29. The summed E-state index contributed by atoms with van der Waals surface area (Å²) in [6, 6.07) is 7.95. The van der Waals surface area contributed by atoms with Crippen LogP contribution in [0.4, 0.5) is 18.0 Å². The molecule has 0 saturated heterocycles. The summed E-state index contributed by atoms with van der Waals surface area (Å²) in [6.45, 7) is 0. The highest BCUT2D eigenvalue weighted by atomic mass is 35.6. The molecule has 0 bridgehead atoms. The number of benzene rings is 2. The summed E-state index contributed by atoms with van der Waals surface area (Å²) in [7, 11) is 0. The van der Waals surface area contributed by atoms with Gasteiger partial charge >= 0.3 is 12.3 Å². The first kappa shape index (κ1) is 25.1. The molecule has 1 aliphatic heterocycles. The Morgan fingerprint density at radius 3 is 2.28 bits per heavy atom. The van der Waals surface area contributed by atoms with Gasteiger partial charge in [-0.25, -0.2) is 4.79 Å². The molecule has 2 aromatic carbocycles. The molecule has 0 saturated carbocycles. The lowest BCUT2D eigenvalue weighted by atomic mass is 9.86. The molecule has 0 aliphatic carbocycles. The van der Waals surface area contributed by atoms with E-state index in [2.05, 4.69) is 10.5 Å². The van der Waals surface area contributed by atoms with Crippen LogP contribution in [0.15, 0.2) is 47.6 Å². The van der Waals surface area contributed by atoms with Gasteiger partial charge in [-0.15, -0.1) is 0 Å². The number of halogens is 8. The SMILES string of the molecule is O=C(O)NC(c1cccc(C2=NOC(c3cc(Cl)cc(Cl)c3)(C(F)(F)F)C2)c1)C(Cl)(Cl)Cl. The zero-order chi connectivity index (χ0) is 23.9. The Bertz CT molecular complexity index is 1050. The maximum absolute atomic E-state index is 14.1. The van der Waals surface area contributed by atoms with Crippen LogP contribution in [0.2, 0.25) is 10.0 Å². The van der Waals surface area contributed by atoms with Crippen molar-refractivity contribution < 1.29 is 27.9 Å². The molecule has 0 spiro atoms. The molecule has 1 amide bonds. The first-order valence-electron chi connectivity index (χ1n) is 8.68. The van der Waals surface area contributed by atoms with Crippen LogP contribution in [-0.4, -0.2) is 26.9 Å². The van der Waals surface area contributed by atoms with Crippen LogP contribution in [0.25, 0.3) is 0 Å². The highest BCUT2D eigenvalue weighted by molar-refractivity contribution is 6.68. The van der Waals surface area contributed by atoms with Crippen LogP contribution in [0.3, 0.4) is 0 Å². The summed E-state index contributed by atoms with van der Waals surface area (Å²) in [5.41, 5.74) is -2.78. The maximum Gasteiger partial charge on any atom is 0.435 e. The third kappa shape index (κ3) is 5.15. The fourth-order valence-electron chi connectivity index (χ4n) is 3.22. The van der Waals surface area contributed by atoms with Crippen molar-refractivity contribution in [2.75, 3.05) is 0 Å². The second-order valence-electron chi connectivity index (χ2n) is 6.84. The van der Waals surface area contributed by atoms with Crippen molar-refractivity contribution in [3.8, 4) is 0 Å². The Labute approximate surface area is 205 Å². The van der Waals surface area contributed by atoms with Crippen molar-refractivity contribution in [3.63, 3.8) is 0 Å². The standard InChI is InChI=1S/C19H12Cl5F3N2O3/c20-12-5-11(6-13(21)7-12)17(19(25,26)27)8-14(29-32-17)9-2-1-3-10(4-9)15(18(22,23)24)28-16(30)31/h1-7,15,28H,8H2,(H,30,31). The molecule has 2 aromatic rings. The molecule has 2 N–H and O–H groups in total. The Morgan fingerprint density at radius 2 is 1.75 bits per heavy atom. The van der Waals surface area contributed by atoms with Gasteiger partial charge in [-0.3, -0.25) is 0 Å². The molecular weight excluding hydrogens is 538 g/mol. The highest BCUT2D eigenvalue weighted by Gasteiger charge is 2.62. The van der Waals surface area contributed by atoms with Gasteiger partial charge in [0.25, 0.3) is 5.60 Å². The molecular formula is C19H12Cl5F3N2O3. The van der Waals surface area contributed by atoms with Crippen LogP contribution in [-0.2, 0) is 10.4 Å². The molecule has 32 heavy (non-hydrogen) atoms. The molecule has 0 radical (unpaired) electrons. The Kier molecular flexibility index (Phi) is 7.04. The summed E-state index contributed by atoms with van der Waals surface area (Å²) in [5.74, 6) is 0.